The summed E-state index contributed by atoms with van der Waals surface area (Å²) in [4.78, 5) is 0. The molecule has 2 N–H and O–H groups in total. The van der Waals surface area contributed by atoms with E-state index in [4.69, 9.17) is 11.6 Å². The Morgan fingerprint density at radius 2 is 2.06 bits per heavy atom. The van der Waals surface area contributed by atoms with Crippen molar-refractivity contribution < 1.29 is 5.11 Å². The first-order valence-corrected chi connectivity index (χ1v) is 7.25. The van der Waals surface area contributed by atoms with Gasteiger partial charge in [0.1, 0.15) is 5.75 Å². The molecule has 0 unspecified atom stereocenters. The zero-order valence-electron chi connectivity index (χ0n) is 11.0. The van der Waals surface area contributed by atoms with Crippen molar-refractivity contribution in [3.05, 3.63) is 28.8 Å². The van der Waals surface area contributed by atoms with Crippen LogP contribution in [-0.4, -0.2) is 11.1 Å². The van der Waals surface area contributed by atoms with Crippen LogP contribution in [0.4, 0.5) is 0 Å². The third-order valence-electron chi connectivity index (χ3n) is 4.00. The van der Waals surface area contributed by atoms with E-state index in [-0.39, 0.29) is 5.75 Å². The van der Waals surface area contributed by atoms with E-state index in [1.165, 1.54) is 32.1 Å². The summed E-state index contributed by atoms with van der Waals surface area (Å²) in [5.41, 5.74) is 1.13. The third kappa shape index (κ3) is 3.63. The molecule has 0 radical (unpaired) electrons. The smallest absolute Gasteiger partial charge is 0.134 e. The summed E-state index contributed by atoms with van der Waals surface area (Å²) >= 11 is 5.90. The molecule has 0 amide bonds. The van der Waals surface area contributed by atoms with Crippen molar-refractivity contribution in [2.75, 3.05) is 0 Å². The molecule has 0 heterocycles. The van der Waals surface area contributed by atoms with Crippen molar-refractivity contribution in [3.8, 4) is 5.75 Å². The Balaban J connectivity index is 1.84. The van der Waals surface area contributed by atoms with Gasteiger partial charge >= 0.3 is 0 Å². The molecule has 0 aliphatic heterocycles. The van der Waals surface area contributed by atoms with Crippen molar-refractivity contribution in [2.24, 2.45) is 5.92 Å². The fourth-order valence-corrected chi connectivity index (χ4v) is 2.94. The van der Waals surface area contributed by atoms with Crippen LogP contribution < -0.4 is 5.32 Å². The normalized spacial score (nSPS) is 18.8. The van der Waals surface area contributed by atoms with E-state index in [9.17, 15) is 5.11 Å². The van der Waals surface area contributed by atoms with Gasteiger partial charge in [0.15, 0.2) is 0 Å². The molecule has 0 bridgehead atoms. The van der Waals surface area contributed by atoms with E-state index < -0.39 is 0 Å². The average Bonchev–Trinajstić information content (AvgIpc) is 2.41. The minimum Gasteiger partial charge on any atom is -0.506 e. The van der Waals surface area contributed by atoms with E-state index in [1.54, 1.807) is 6.07 Å². The fourth-order valence-electron chi connectivity index (χ4n) is 2.74. The van der Waals surface area contributed by atoms with E-state index in [0.717, 1.165) is 18.0 Å². The van der Waals surface area contributed by atoms with E-state index in [2.05, 4.69) is 12.2 Å². The maximum atomic E-state index is 9.37. The number of nitrogens with one attached hydrogen (secondary N) is 1. The van der Waals surface area contributed by atoms with Gasteiger partial charge in [0, 0.05) is 12.6 Å². The van der Waals surface area contributed by atoms with Crippen LogP contribution in [0.1, 0.15) is 44.6 Å². The van der Waals surface area contributed by atoms with Gasteiger partial charge in [-0.3, -0.25) is 0 Å². The lowest BCUT2D eigenvalue weighted by Gasteiger charge is -2.28. The molecule has 1 aliphatic carbocycles. The lowest BCUT2D eigenvalue weighted by atomic mass is 9.84. The molecule has 0 spiro atoms. The Kier molecular flexibility index (Phi) is 4.90. The first-order valence-electron chi connectivity index (χ1n) is 6.87. The monoisotopic (exact) mass is 267 g/mol. The molecular weight excluding hydrogens is 246 g/mol. The molecule has 1 aromatic rings. The van der Waals surface area contributed by atoms with E-state index in [0.29, 0.717) is 11.1 Å². The van der Waals surface area contributed by atoms with Crippen LogP contribution in [0, 0.1) is 5.92 Å². The number of hydrogen-bond donors (Lipinski definition) is 2. The number of rotatable bonds is 4. The number of phenols is 1. The van der Waals surface area contributed by atoms with Gasteiger partial charge in [-0.25, -0.2) is 0 Å². The van der Waals surface area contributed by atoms with Gasteiger partial charge in [-0.05, 0) is 43.4 Å². The molecule has 3 heteroatoms. The van der Waals surface area contributed by atoms with Gasteiger partial charge in [-0.15, -0.1) is 0 Å². The highest BCUT2D eigenvalue weighted by molar-refractivity contribution is 6.32. The minimum atomic E-state index is 0.153. The Hall–Kier alpha value is -0.730. The van der Waals surface area contributed by atoms with Gasteiger partial charge in [-0.1, -0.05) is 36.9 Å². The predicted octanol–water partition coefficient (Wildman–Crippen LogP) is 4.10. The molecule has 1 saturated carbocycles. The van der Waals surface area contributed by atoms with Gasteiger partial charge in [0.25, 0.3) is 0 Å². The number of benzene rings is 1. The number of phenolic OH excluding ortho intramolecular Hbond substituents is 1. The molecule has 2 rings (SSSR count). The maximum absolute atomic E-state index is 9.37. The van der Waals surface area contributed by atoms with Crippen LogP contribution in [0.3, 0.4) is 0 Å². The molecule has 1 aromatic carbocycles. The quantitative estimate of drug-likeness (QED) is 0.861. The molecule has 2 nitrogen and oxygen atoms in total. The number of halogens is 1. The van der Waals surface area contributed by atoms with Crippen molar-refractivity contribution >= 4 is 11.6 Å². The molecule has 0 saturated heterocycles. The first-order chi connectivity index (χ1) is 8.66. The highest BCUT2D eigenvalue weighted by Crippen LogP contribution is 2.27. The summed E-state index contributed by atoms with van der Waals surface area (Å²) in [6.07, 6.45) is 6.86. The van der Waals surface area contributed by atoms with Gasteiger partial charge < -0.3 is 10.4 Å². The van der Waals surface area contributed by atoms with Crippen molar-refractivity contribution in [2.45, 2.75) is 51.6 Å². The molecule has 18 heavy (non-hydrogen) atoms. The fraction of sp³-hybridized carbons (Fsp3) is 0.600. The number of hydrogen-bond acceptors (Lipinski definition) is 2. The van der Waals surface area contributed by atoms with Crippen molar-refractivity contribution in [3.63, 3.8) is 0 Å². The van der Waals surface area contributed by atoms with E-state index >= 15 is 0 Å². The van der Waals surface area contributed by atoms with Crippen molar-refractivity contribution in [1.29, 1.82) is 0 Å². The Labute approximate surface area is 114 Å². The predicted molar refractivity (Wildman–Crippen MR) is 76.0 cm³/mol. The molecule has 1 fully saturated rings. The number of aromatic hydroxyl groups is 1. The Morgan fingerprint density at radius 3 is 2.72 bits per heavy atom. The molecule has 1 atom stereocenters. The highest BCUT2D eigenvalue weighted by Gasteiger charge is 2.19. The second-order valence-electron chi connectivity index (χ2n) is 5.35. The van der Waals surface area contributed by atoms with Gasteiger partial charge in [0.05, 0.1) is 5.02 Å². The maximum Gasteiger partial charge on any atom is 0.134 e. The van der Waals surface area contributed by atoms with Crippen molar-refractivity contribution in [1.82, 2.24) is 5.32 Å². The lowest BCUT2D eigenvalue weighted by Crippen LogP contribution is -2.34. The Bertz CT molecular complexity index is 388. The summed E-state index contributed by atoms with van der Waals surface area (Å²) < 4.78 is 0. The van der Waals surface area contributed by atoms with Crippen LogP contribution in [0.25, 0.3) is 0 Å². The largest absolute Gasteiger partial charge is 0.506 e. The summed E-state index contributed by atoms with van der Waals surface area (Å²) in [6, 6.07) is 5.96. The molecular formula is C15H22ClNO. The summed E-state index contributed by atoms with van der Waals surface area (Å²) in [5.74, 6) is 0.965. The second-order valence-corrected chi connectivity index (χ2v) is 5.76. The SMILES string of the molecule is C[C@@H](NCc1ccc(O)c(Cl)c1)C1CCCCC1. The summed E-state index contributed by atoms with van der Waals surface area (Å²) in [6.45, 7) is 3.09. The minimum absolute atomic E-state index is 0.153. The zero-order chi connectivity index (χ0) is 13.0. The van der Waals surface area contributed by atoms with E-state index in [1.807, 2.05) is 12.1 Å². The average molecular weight is 268 g/mol. The molecule has 1 aliphatic rings. The van der Waals surface area contributed by atoms with Crippen LogP contribution in [0.15, 0.2) is 18.2 Å². The topological polar surface area (TPSA) is 32.3 Å². The van der Waals surface area contributed by atoms with Crippen LogP contribution in [-0.2, 0) is 6.54 Å². The second kappa shape index (κ2) is 6.44. The highest BCUT2D eigenvalue weighted by atomic mass is 35.5. The molecule has 0 aromatic heterocycles. The third-order valence-corrected chi connectivity index (χ3v) is 4.30. The summed E-state index contributed by atoms with van der Waals surface area (Å²) in [5, 5.41) is 13.4. The standard InChI is InChI=1S/C15H22ClNO/c1-11(13-5-3-2-4-6-13)17-10-12-7-8-15(18)14(16)9-12/h7-9,11,13,17-18H,2-6,10H2,1H3/t11-/m1/s1. The Morgan fingerprint density at radius 1 is 1.33 bits per heavy atom. The van der Waals surface area contributed by atoms with Gasteiger partial charge in [0.2, 0.25) is 0 Å². The molecule has 100 valence electrons. The lowest BCUT2D eigenvalue weighted by molar-refractivity contribution is 0.280. The first kappa shape index (κ1) is 13.7. The summed E-state index contributed by atoms with van der Waals surface area (Å²) in [7, 11) is 0. The van der Waals surface area contributed by atoms with Crippen LogP contribution in [0.2, 0.25) is 5.02 Å². The van der Waals surface area contributed by atoms with Gasteiger partial charge in [-0.2, -0.15) is 0 Å². The zero-order valence-corrected chi connectivity index (χ0v) is 11.7. The van der Waals surface area contributed by atoms with Crippen LogP contribution in [0.5, 0.6) is 5.75 Å². The van der Waals surface area contributed by atoms with Crippen LogP contribution >= 0.6 is 11.6 Å².